The quantitative estimate of drug-likeness (QED) is 0.605. The van der Waals surface area contributed by atoms with Gasteiger partial charge < -0.3 is 4.57 Å². The molecule has 0 saturated carbocycles. The Morgan fingerprint density at radius 1 is 1.00 bits per heavy atom. The van der Waals surface area contributed by atoms with E-state index in [1.807, 2.05) is 24.3 Å². The molecule has 28 heavy (non-hydrogen) atoms. The number of fused-ring (bicyclic) bond motifs is 1. The van der Waals surface area contributed by atoms with Crippen molar-refractivity contribution in [2.75, 3.05) is 25.1 Å². The molecule has 0 atom stereocenters. The number of hydrogen-bond acceptors (Lipinski definition) is 3. The van der Waals surface area contributed by atoms with E-state index < -0.39 is 12.7 Å². The van der Waals surface area contributed by atoms with Gasteiger partial charge in [-0.05, 0) is 67.7 Å². The SMILES string of the molecule is ONc1ccc(-n2cc(C3CCN(CC(F)(F)F)CC3)c3ccccc32)cc1. The number of aromatic nitrogens is 1. The van der Waals surface area contributed by atoms with Gasteiger partial charge in [-0.2, -0.15) is 13.2 Å². The first-order valence-corrected chi connectivity index (χ1v) is 9.34. The predicted octanol–water partition coefficient (Wildman–Crippen LogP) is 5.17. The first-order valence-electron chi connectivity index (χ1n) is 9.34. The Morgan fingerprint density at radius 2 is 1.68 bits per heavy atom. The summed E-state index contributed by atoms with van der Waals surface area (Å²) in [6.45, 7) is 0.0911. The van der Waals surface area contributed by atoms with Gasteiger partial charge >= 0.3 is 6.18 Å². The fourth-order valence-electron chi connectivity index (χ4n) is 4.10. The van der Waals surface area contributed by atoms with E-state index in [0.717, 1.165) is 29.4 Å². The number of rotatable bonds is 4. The number of para-hydroxylation sites is 1. The molecule has 2 heterocycles. The summed E-state index contributed by atoms with van der Waals surface area (Å²) in [5.41, 5.74) is 5.96. The van der Waals surface area contributed by atoms with E-state index in [1.165, 1.54) is 10.5 Å². The van der Waals surface area contributed by atoms with Gasteiger partial charge in [0.2, 0.25) is 0 Å². The molecule has 0 spiro atoms. The van der Waals surface area contributed by atoms with Crippen LogP contribution in [0, 0.1) is 0 Å². The average molecular weight is 389 g/mol. The van der Waals surface area contributed by atoms with Crippen molar-refractivity contribution >= 4 is 16.6 Å². The van der Waals surface area contributed by atoms with E-state index in [-0.39, 0.29) is 5.92 Å². The molecule has 2 N–H and O–H groups in total. The van der Waals surface area contributed by atoms with Crippen molar-refractivity contribution in [2.45, 2.75) is 24.9 Å². The Bertz CT molecular complexity index is 942. The van der Waals surface area contributed by atoms with Crippen LogP contribution in [0.3, 0.4) is 0 Å². The highest BCUT2D eigenvalue weighted by atomic mass is 19.4. The van der Waals surface area contributed by atoms with Crippen LogP contribution in [0.25, 0.3) is 16.6 Å². The molecule has 1 saturated heterocycles. The van der Waals surface area contributed by atoms with E-state index in [4.69, 9.17) is 5.21 Å². The fourth-order valence-corrected chi connectivity index (χ4v) is 4.10. The molecule has 1 aliphatic rings. The second-order valence-corrected chi connectivity index (χ2v) is 7.30. The number of nitrogens with one attached hydrogen (secondary N) is 1. The van der Waals surface area contributed by atoms with Gasteiger partial charge in [-0.25, -0.2) is 0 Å². The number of alkyl halides is 3. The van der Waals surface area contributed by atoms with Crippen LogP contribution in [0.5, 0.6) is 0 Å². The highest BCUT2D eigenvalue weighted by molar-refractivity contribution is 5.86. The number of hydrogen-bond donors (Lipinski definition) is 2. The number of anilines is 1. The molecule has 2 aromatic carbocycles. The first-order chi connectivity index (χ1) is 13.4. The number of halogens is 3. The highest BCUT2D eigenvalue weighted by Crippen LogP contribution is 2.36. The predicted molar refractivity (Wildman–Crippen MR) is 103 cm³/mol. The van der Waals surface area contributed by atoms with Crippen LogP contribution in [-0.4, -0.2) is 40.5 Å². The van der Waals surface area contributed by atoms with Gasteiger partial charge in [0.25, 0.3) is 0 Å². The molecular weight excluding hydrogens is 367 g/mol. The van der Waals surface area contributed by atoms with E-state index in [0.29, 0.717) is 18.8 Å². The second-order valence-electron chi connectivity index (χ2n) is 7.30. The number of piperidine rings is 1. The van der Waals surface area contributed by atoms with Gasteiger partial charge in [-0.3, -0.25) is 15.6 Å². The molecule has 0 aliphatic carbocycles. The zero-order chi connectivity index (χ0) is 19.7. The van der Waals surface area contributed by atoms with Gasteiger partial charge in [0.05, 0.1) is 17.7 Å². The van der Waals surface area contributed by atoms with Crippen molar-refractivity contribution in [3.63, 3.8) is 0 Å². The van der Waals surface area contributed by atoms with Crippen LogP contribution < -0.4 is 5.48 Å². The molecular formula is C21H22F3N3O. The van der Waals surface area contributed by atoms with Crippen LogP contribution in [0.1, 0.15) is 24.3 Å². The summed E-state index contributed by atoms with van der Waals surface area (Å²) < 4.78 is 40.1. The van der Waals surface area contributed by atoms with Crippen molar-refractivity contribution in [1.29, 1.82) is 0 Å². The summed E-state index contributed by atoms with van der Waals surface area (Å²) in [7, 11) is 0. The third-order valence-corrected chi connectivity index (χ3v) is 5.45. The molecule has 1 aliphatic heterocycles. The Hall–Kier alpha value is -2.51. The maximum atomic E-state index is 12.6. The van der Waals surface area contributed by atoms with Crippen molar-refractivity contribution < 1.29 is 18.4 Å². The number of likely N-dealkylation sites (tertiary alicyclic amines) is 1. The molecule has 1 aromatic heterocycles. The first kappa shape index (κ1) is 18.8. The van der Waals surface area contributed by atoms with Gasteiger partial charge in [0.15, 0.2) is 0 Å². The van der Waals surface area contributed by atoms with Gasteiger partial charge in [0.1, 0.15) is 0 Å². The third kappa shape index (κ3) is 3.86. The monoisotopic (exact) mass is 389 g/mol. The lowest BCUT2D eigenvalue weighted by atomic mass is 9.89. The minimum Gasteiger partial charge on any atom is -0.316 e. The molecule has 3 aromatic rings. The summed E-state index contributed by atoms with van der Waals surface area (Å²) >= 11 is 0. The average Bonchev–Trinajstić information content (AvgIpc) is 3.07. The Morgan fingerprint density at radius 3 is 2.32 bits per heavy atom. The summed E-state index contributed by atoms with van der Waals surface area (Å²) in [6, 6.07) is 15.5. The molecule has 0 unspecified atom stereocenters. The lowest BCUT2D eigenvalue weighted by Crippen LogP contribution is -2.39. The minimum absolute atomic E-state index is 0.244. The van der Waals surface area contributed by atoms with Crippen molar-refractivity contribution in [3.05, 3.63) is 60.3 Å². The van der Waals surface area contributed by atoms with Gasteiger partial charge in [0, 0.05) is 17.3 Å². The van der Waals surface area contributed by atoms with Crippen LogP contribution >= 0.6 is 0 Å². The molecule has 0 radical (unpaired) electrons. The largest absolute Gasteiger partial charge is 0.401 e. The Labute approximate surface area is 161 Å². The van der Waals surface area contributed by atoms with Crippen molar-refractivity contribution in [2.24, 2.45) is 0 Å². The molecule has 0 bridgehead atoms. The summed E-state index contributed by atoms with van der Waals surface area (Å²) in [6.07, 6.45) is -0.594. The maximum absolute atomic E-state index is 12.6. The van der Waals surface area contributed by atoms with Crippen LogP contribution in [0.4, 0.5) is 18.9 Å². The van der Waals surface area contributed by atoms with Gasteiger partial charge in [-0.1, -0.05) is 18.2 Å². The van der Waals surface area contributed by atoms with Crippen molar-refractivity contribution in [1.82, 2.24) is 9.47 Å². The highest BCUT2D eigenvalue weighted by Gasteiger charge is 2.33. The summed E-state index contributed by atoms with van der Waals surface area (Å²) in [5, 5.41) is 10.1. The van der Waals surface area contributed by atoms with Crippen molar-refractivity contribution in [3.8, 4) is 5.69 Å². The van der Waals surface area contributed by atoms with Crippen LogP contribution in [-0.2, 0) is 0 Å². The standard InChI is InChI=1S/C21H22F3N3O/c22-21(23,24)14-26-11-9-15(10-12-26)19-13-27(20-4-2-1-3-18(19)20)17-7-5-16(25-28)6-8-17/h1-8,13,15,25,28H,9-12,14H2. The molecule has 148 valence electrons. The van der Waals surface area contributed by atoms with Crippen LogP contribution in [0.2, 0.25) is 0 Å². The molecule has 4 nitrogen and oxygen atoms in total. The van der Waals surface area contributed by atoms with Crippen LogP contribution in [0.15, 0.2) is 54.7 Å². The maximum Gasteiger partial charge on any atom is 0.401 e. The lowest BCUT2D eigenvalue weighted by Gasteiger charge is -2.32. The van der Waals surface area contributed by atoms with E-state index in [9.17, 15) is 13.2 Å². The molecule has 0 amide bonds. The lowest BCUT2D eigenvalue weighted by molar-refractivity contribution is -0.147. The summed E-state index contributed by atoms with van der Waals surface area (Å²) in [5.74, 6) is 0.244. The van der Waals surface area contributed by atoms with Gasteiger partial charge in [-0.15, -0.1) is 0 Å². The fraction of sp³-hybridized carbons (Fsp3) is 0.333. The normalized spacial score (nSPS) is 16.6. The molecule has 4 rings (SSSR count). The minimum atomic E-state index is -4.14. The molecule has 1 fully saturated rings. The van der Waals surface area contributed by atoms with E-state index in [1.54, 1.807) is 12.1 Å². The Balaban J connectivity index is 1.62. The smallest absolute Gasteiger partial charge is 0.316 e. The van der Waals surface area contributed by atoms with E-state index in [2.05, 4.69) is 28.4 Å². The zero-order valence-corrected chi connectivity index (χ0v) is 15.3. The number of nitrogens with zero attached hydrogens (tertiary/aromatic N) is 2. The molecule has 7 heteroatoms. The topological polar surface area (TPSA) is 40.4 Å². The zero-order valence-electron chi connectivity index (χ0n) is 15.3. The number of benzene rings is 2. The van der Waals surface area contributed by atoms with E-state index >= 15 is 0 Å². The third-order valence-electron chi connectivity index (χ3n) is 5.45. The Kier molecular flexibility index (Phi) is 5.03. The second kappa shape index (κ2) is 7.48. The summed E-state index contributed by atoms with van der Waals surface area (Å²) in [4.78, 5) is 1.50.